The van der Waals surface area contributed by atoms with E-state index >= 15 is 0 Å². The van der Waals surface area contributed by atoms with Gasteiger partial charge in [0.25, 0.3) is 0 Å². The van der Waals surface area contributed by atoms with Crippen LogP contribution in [0.3, 0.4) is 0 Å². The lowest BCUT2D eigenvalue weighted by Gasteiger charge is -2.19. The Labute approximate surface area is 122 Å². The summed E-state index contributed by atoms with van der Waals surface area (Å²) in [7, 11) is 1.27. The fourth-order valence-electron chi connectivity index (χ4n) is 3.22. The summed E-state index contributed by atoms with van der Waals surface area (Å²) in [6.45, 7) is 0.0850. The third-order valence-corrected chi connectivity index (χ3v) is 4.29. The van der Waals surface area contributed by atoms with Gasteiger partial charge in [0, 0.05) is 0 Å². The molecule has 1 saturated carbocycles. The van der Waals surface area contributed by atoms with Crippen LogP contribution in [0.25, 0.3) is 0 Å². The Bertz CT molecular complexity index is 567. The maximum Gasteiger partial charge on any atom is 0.373 e. The molecule has 2 atom stereocenters. The van der Waals surface area contributed by atoms with E-state index in [0.717, 1.165) is 25.7 Å². The lowest BCUT2D eigenvalue weighted by molar-refractivity contribution is -0.140. The molecule has 6 heteroatoms. The number of carbonyl (C=O) groups excluding carboxylic acids is 3. The molecule has 1 aliphatic heterocycles. The minimum absolute atomic E-state index is 0.0732. The molecule has 0 bridgehead atoms. The van der Waals surface area contributed by atoms with Gasteiger partial charge >= 0.3 is 5.97 Å². The van der Waals surface area contributed by atoms with Crippen molar-refractivity contribution < 1.29 is 23.5 Å². The zero-order chi connectivity index (χ0) is 15.0. The van der Waals surface area contributed by atoms with Gasteiger partial charge in [-0.3, -0.25) is 14.5 Å². The maximum absolute atomic E-state index is 12.3. The van der Waals surface area contributed by atoms with Crippen LogP contribution in [0.15, 0.2) is 16.5 Å². The van der Waals surface area contributed by atoms with E-state index in [9.17, 15) is 14.4 Å². The van der Waals surface area contributed by atoms with Crippen LogP contribution in [-0.2, 0) is 20.9 Å². The Balaban J connectivity index is 1.75. The fraction of sp³-hybridized carbons (Fsp3) is 0.533. The third-order valence-electron chi connectivity index (χ3n) is 4.29. The zero-order valence-corrected chi connectivity index (χ0v) is 11.8. The van der Waals surface area contributed by atoms with Crippen molar-refractivity contribution in [2.24, 2.45) is 11.8 Å². The SMILES string of the molecule is COC(=O)c1ccc(CN2C(=O)[C@H]3CCCC[C@@H]3C2=O)o1. The molecule has 6 nitrogen and oxygen atoms in total. The molecule has 3 rings (SSSR count). The number of likely N-dealkylation sites (tertiary alicyclic amines) is 1. The average molecular weight is 291 g/mol. The summed E-state index contributed by atoms with van der Waals surface area (Å²) in [5, 5.41) is 0. The number of carbonyl (C=O) groups is 3. The van der Waals surface area contributed by atoms with Crippen molar-refractivity contribution in [1.82, 2.24) is 4.90 Å². The van der Waals surface area contributed by atoms with Crippen LogP contribution >= 0.6 is 0 Å². The molecule has 1 saturated heterocycles. The van der Waals surface area contributed by atoms with Crippen LogP contribution in [0.1, 0.15) is 42.0 Å². The predicted octanol–water partition coefficient (Wildman–Crippen LogP) is 1.74. The number of hydrogen-bond donors (Lipinski definition) is 0. The van der Waals surface area contributed by atoms with Crippen LogP contribution in [0.2, 0.25) is 0 Å². The number of ether oxygens (including phenoxy) is 1. The Morgan fingerprint density at radius 1 is 1.24 bits per heavy atom. The minimum Gasteiger partial charge on any atom is -0.463 e. The van der Waals surface area contributed by atoms with Crippen molar-refractivity contribution in [1.29, 1.82) is 0 Å². The highest BCUT2D eigenvalue weighted by atomic mass is 16.5. The quantitative estimate of drug-likeness (QED) is 0.626. The van der Waals surface area contributed by atoms with Gasteiger partial charge in [0.15, 0.2) is 0 Å². The lowest BCUT2D eigenvalue weighted by atomic mass is 9.81. The topological polar surface area (TPSA) is 76.8 Å². The maximum atomic E-state index is 12.3. The molecule has 0 unspecified atom stereocenters. The number of imide groups is 1. The molecule has 2 heterocycles. The number of rotatable bonds is 3. The zero-order valence-electron chi connectivity index (χ0n) is 11.8. The van der Waals surface area contributed by atoms with Crippen LogP contribution in [0, 0.1) is 11.8 Å². The lowest BCUT2D eigenvalue weighted by Crippen LogP contribution is -2.30. The number of nitrogens with zero attached hydrogens (tertiary/aromatic N) is 1. The molecule has 0 N–H and O–H groups in total. The van der Waals surface area contributed by atoms with E-state index in [0.29, 0.717) is 5.76 Å². The summed E-state index contributed by atoms with van der Waals surface area (Å²) in [5.41, 5.74) is 0. The van der Waals surface area contributed by atoms with Crippen LogP contribution < -0.4 is 0 Å². The molecule has 21 heavy (non-hydrogen) atoms. The Hall–Kier alpha value is -2.11. The van der Waals surface area contributed by atoms with E-state index in [2.05, 4.69) is 4.74 Å². The van der Waals surface area contributed by atoms with E-state index in [1.54, 1.807) is 6.07 Å². The van der Waals surface area contributed by atoms with E-state index in [-0.39, 0.29) is 36.0 Å². The molecule has 0 aromatic carbocycles. The second-order valence-electron chi connectivity index (χ2n) is 5.52. The average Bonchev–Trinajstić information content (AvgIpc) is 3.07. The van der Waals surface area contributed by atoms with Gasteiger partial charge in [-0.25, -0.2) is 4.79 Å². The highest BCUT2D eigenvalue weighted by Crippen LogP contribution is 2.38. The van der Waals surface area contributed by atoms with E-state index in [4.69, 9.17) is 4.42 Å². The number of fused-ring (bicyclic) bond motifs is 1. The monoisotopic (exact) mass is 291 g/mol. The summed E-state index contributed by atoms with van der Waals surface area (Å²) in [6, 6.07) is 3.08. The Kier molecular flexibility index (Phi) is 3.53. The summed E-state index contributed by atoms with van der Waals surface area (Å²) in [4.78, 5) is 37.2. The summed E-state index contributed by atoms with van der Waals surface area (Å²) in [6.07, 6.45) is 3.58. The molecule has 1 aliphatic carbocycles. The minimum atomic E-state index is -0.575. The molecule has 112 valence electrons. The highest BCUT2D eigenvalue weighted by molar-refractivity contribution is 6.05. The van der Waals surface area contributed by atoms with Gasteiger partial charge in [0.05, 0.1) is 25.5 Å². The number of hydrogen-bond acceptors (Lipinski definition) is 5. The standard InChI is InChI=1S/C15H17NO5/c1-20-15(19)12-7-6-9(21-12)8-16-13(17)10-4-2-3-5-11(10)14(16)18/h6-7,10-11H,2-5,8H2,1H3/t10-,11-/m0/s1. The summed E-state index contributed by atoms with van der Waals surface area (Å²) in [5.74, 6) is -0.641. The van der Waals surface area contributed by atoms with Crippen molar-refractivity contribution >= 4 is 17.8 Å². The number of amides is 2. The van der Waals surface area contributed by atoms with Gasteiger partial charge in [0.1, 0.15) is 5.76 Å². The van der Waals surface area contributed by atoms with Crippen molar-refractivity contribution in [2.45, 2.75) is 32.2 Å². The first-order chi connectivity index (χ1) is 10.1. The molecule has 2 fully saturated rings. The second-order valence-corrected chi connectivity index (χ2v) is 5.52. The van der Waals surface area contributed by atoms with E-state index < -0.39 is 5.97 Å². The normalized spacial score (nSPS) is 25.1. The third kappa shape index (κ3) is 2.34. The molecule has 0 radical (unpaired) electrons. The number of furan rings is 1. The van der Waals surface area contributed by atoms with Crippen molar-refractivity contribution in [3.8, 4) is 0 Å². The summed E-state index contributed by atoms with van der Waals surface area (Å²) >= 11 is 0. The van der Waals surface area contributed by atoms with Crippen LogP contribution in [-0.4, -0.2) is 29.8 Å². The van der Waals surface area contributed by atoms with Crippen LogP contribution in [0.4, 0.5) is 0 Å². The van der Waals surface area contributed by atoms with Crippen LogP contribution in [0.5, 0.6) is 0 Å². The second kappa shape index (κ2) is 5.35. The van der Waals surface area contributed by atoms with Gasteiger partial charge in [-0.2, -0.15) is 0 Å². The highest BCUT2D eigenvalue weighted by Gasteiger charge is 2.48. The largest absolute Gasteiger partial charge is 0.463 e. The van der Waals surface area contributed by atoms with Gasteiger partial charge in [0.2, 0.25) is 17.6 Å². The molecule has 0 spiro atoms. The number of methoxy groups -OCH3 is 1. The first-order valence-electron chi connectivity index (χ1n) is 7.14. The van der Waals surface area contributed by atoms with Crippen molar-refractivity contribution in [3.05, 3.63) is 23.7 Å². The Morgan fingerprint density at radius 2 is 1.86 bits per heavy atom. The van der Waals surface area contributed by atoms with Gasteiger partial charge < -0.3 is 9.15 Å². The first-order valence-corrected chi connectivity index (χ1v) is 7.14. The van der Waals surface area contributed by atoms with Gasteiger partial charge in [-0.1, -0.05) is 12.8 Å². The smallest absolute Gasteiger partial charge is 0.373 e. The van der Waals surface area contributed by atoms with Gasteiger partial charge in [-0.05, 0) is 25.0 Å². The van der Waals surface area contributed by atoms with Gasteiger partial charge in [-0.15, -0.1) is 0 Å². The predicted molar refractivity (Wildman–Crippen MR) is 71.1 cm³/mol. The molecule has 2 aliphatic rings. The summed E-state index contributed by atoms with van der Waals surface area (Å²) < 4.78 is 9.89. The Morgan fingerprint density at radius 3 is 2.43 bits per heavy atom. The number of esters is 1. The van der Waals surface area contributed by atoms with E-state index in [1.165, 1.54) is 18.1 Å². The van der Waals surface area contributed by atoms with Crippen molar-refractivity contribution in [2.75, 3.05) is 7.11 Å². The van der Waals surface area contributed by atoms with E-state index in [1.807, 2.05) is 0 Å². The molecular weight excluding hydrogens is 274 g/mol. The fourth-order valence-corrected chi connectivity index (χ4v) is 3.22. The molecule has 1 aromatic heterocycles. The molecule has 1 aromatic rings. The first kappa shape index (κ1) is 13.9. The van der Waals surface area contributed by atoms with Crippen molar-refractivity contribution in [3.63, 3.8) is 0 Å². The molecule has 2 amide bonds. The molecular formula is C15H17NO5.